The Balaban J connectivity index is 2.20. The summed E-state index contributed by atoms with van der Waals surface area (Å²) in [7, 11) is 1.49. The highest BCUT2D eigenvalue weighted by atomic mass is 16.5. The van der Waals surface area contributed by atoms with Gasteiger partial charge in [0.2, 0.25) is 0 Å². The molecule has 1 saturated carbocycles. The fourth-order valence-corrected chi connectivity index (χ4v) is 3.31. The van der Waals surface area contributed by atoms with Gasteiger partial charge < -0.3 is 10.1 Å². The number of carbonyl (C=O) groups is 1. The van der Waals surface area contributed by atoms with Crippen LogP contribution >= 0.6 is 0 Å². The Morgan fingerprint density at radius 2 is 2.00 bits per heavy atom. The van der Waals surface area contributed by atoms with Gasteiger partial charge in [-0.15, -0.1) is 0 Å². The predicted octanol–water partition coefficient (Wildman–Crippen LogP) is 4.31. The van der Waals surface area contributed by atoms with E-state index in [9.17, 15) is 4.79 Å². The van der Waals surface area contributed by atoms with E-state index in [4.69, 9.17) is 4.74 Å². The molecule has 1 aromatic carbocycles. The summed E-state index contributed by atoms with van der Waals surface area (Å²) >= 11 is 0. The monoisotopic (exact) mass is 289 g/mol. The molecule has 0 aliphatic heterocycles. The van der Waals surface area contributed by atoms with Gasteiger partial charge in [-0.1, -0.05) is 43.9 Å². The molecule has 116 valence electrons. The predicted molar refractivity (Wildman–Crippen MR) is 86.4 cm³/mol. The molecular formula is C18H27NO2. The van der Waals surface area contributed by atoms with Crippen LogP contribution in [0, 0.1) is 12.8 Å². The number of aryl methyl sites for hydroxylation is 1. The number of anilines is 1. The zero-order chi connectivity index (χ0) is 15.3. The summed E-state index contributed by atoms with van der Waals surface area (Å²) in [6, 6.07) is 8.22. The number of esters is 1. The third kappa shape index (κ3) is 3.78. The lowest BCUT2D eigenvalue weighted by molar-refractivity contribution is -0.146. The van der Waals surface area contributed by atoms with Crippen LogP contribution in [0.3, 0.4) is 0 Å². The fourth-order valence-electron chi connectivity index (χ4n) is 3.31. The first kappa shape index (κ1) is 15.9. The van der Waals surface area contributed by atoms with Gasteiger partial charge in [-0.3, -0.25) is 0 Å². The van der Waals surface area contributed by atoms with Crippen LogP contribution < -0.4 is 5.32 Å². The van der Waals surface area contributed by atoms with Gasteiger partial charge in [0.1, 0.15) is 5.54 Å². The second-order valence-electron chi connectivity index (χ2n) is 6.27. The molecule has 1 aliphatic carbocycles. The Morgan fingerprint density at radius 3 is 2.62 bits per heavy atom. The maximum Gasteiger partial charge on any atom is 0.331 e. The topological polar surface area (TPSA) is 38.3 Å². The lowest BCUT2D eigenvalue weighted by Gasteiger charge is -2.32. The molecule has 1 N–H and O–H groups in total. The molecule has 0 heterocycles. The standard InChI is InChI=1S/C18H27NO2/c1-4-15-6-5-12-18(13-11-15,17(20)21-3)19-16-9-7-14(2)8-10-16/h7-10,15,19H,4-6,11-13H2,1-3H3. The van der Waals surface area contributed by atoms with Crippen LogP contribution in [-0.4, -0.2) is 18.6 Å². The Bertz CT molecular complexity index is 469. The summed E-state index contributed by atoms with van der Waals surface area (Å²) in [6.45, 7) is 4.31. The number of carbonyl (C=O) groups excluding carboxylic acids is 1. The Hall–Kier alpha value is -1.51. The van der Waals surface area contributed by atoms with Crippen LogP contribution in [0.15, 0.2) is 24.3 Å². The van der Waals surface area contributed by atoms with Crippen molar-refractivity contribution in [3.63, 3.8) is 0 Å². The number of hydrogen-bond acceptors (Lipinski definition) is 3. The van der Waals surface area contributed by atoms with E-state index in [0.29, 0.717) is 0 Å². The molecule has 1 aromatic rings. The van der Waals surface area contributed by atoms with Crippen LogP contribution in [0.2, 0.25) is 0 Å². The van der Waals surface area contributed by atoms with Crippen molar-refractivity contribution < 1.29 is 9.53 Å². The summed E-state index contributed by atoms with van der Waals surface area (Å²) in [5.74, 6) is 0.608. The third-order valence-corrected chi connectivity index (χ3v) is 4.78. The number of rotatable bonds is 4. The highest BCUT2D eigenvalue weighted by Gasteiger charge is 2.40. The van der Waals surface area contributed by atoms with E-state index < -0.39 is 5.54 Å². The van der Waals surface area contributed by atoms with Crippen LogP contribution in [0.25, 0.3) is 0 Å². The van der Waals surface area contributed by atoms with Gasteiger partial charge in [-0.2, -0.15) is 0 Å². The zero-order valence-electron chi connectivity index (χ0n) is 13.4. The lowest BCUT2D eigenvalue weighted by atomic mass is 9.88. The number of hydrogen-bond donors (Lipinski definition) is 1. The highest BCUT2D eigenvalue weighted by Crippen LogP contribution is 2.35. The van der Waals surface area contributed by atoms with Gasteiger partial charge in [0.05, 0.1) is 7.11 Å². The SMILES string of the molecule is CCC1CCCC(Nc2ccc(C)cc2)(C(=O)OC)CC1. The van der Waals surface area contributed by atoms with E-state index >= 15 is 0 Å². The molecule has 2 unspecified atom stereocenters. The van der Waals surface area contributed by atoms with Crippen molar-refractivity contribution in [1.29, 1.82) is 0 Å². The molecule has 3 heteroatoms. The third-order valence-electron chi connectivity index (χ3n) is 4.78. The number of ether oxygens (including phenoxy) is 1. The van der Waals surface area contributed by atoms with Gasteiger partial charge in [0, 0.05) is 5.69 Å². The summed E-state index contributed by atoms with van der Waals surface area (Å²) in [6.07, 6.45) is 6.28. The molecule has 0 spiro atoms. The first-order valence-electron chi connectivity index (χ1n) is 8.03. The van der Waals surface area contributed by atoms with Crippen LogP contribution in [-0.2, 0) is 9.53 Å². The molecule has 3 nitrogen and oxygen atoms in total. The fraction of sp³-hybridized carbons (Fsp3) is 0.611. The van der Waals surface area contributed by atoms with E-state index in [-0.39, 0.29) is 5.97 Å². The Kier molecular flexibility index (Phi) is 5.27. The van der Waals surface area contributed by atoms with E-state index in [1.54, 1.807) is 0 Å². The van der Waals surface area contributed by atoms with Crippen molar-refractivity contribution in [3.05, 3.63) is 29.8 Å². The van der Waals surface area contributed by atoms with E-state index in [1.165, 1.54) is 25.5 Å². The van der Waals surface area contributed by atoms with Crippen molar-refractivity contribution in [3.8, 4) is 0 Å². The van der Waals surface area contributed by atoms with Crippen LogP contribution in [0.4, 0.5) is 5.69 Å². The smallest absolute Gasteiger partial charge is 0.331 e. The quantitative estimate of drug-likeness (QED) is 0.663. The number of methoxy groups -OCH3 is 1. The minimum Gasteiger partial charge on any atom is -0.467 e. The molecule has 0 radical (unpaired) electrons. The maximum atomic E-state index is 12.4. The molecule has 0 bridgehead atoms. The van der Waals surface area contributed by atoms with Crippen molar-refractivity contribution in [2.24, 2.45) is 5.92 Å². The first-order chi connectivity index (χ1) is 10.1. The van der Waals surface area contributed by atoms with Gasteiger partial charge >= 0.3 is 5.97 Å². The normalized spacial score (nSPS) is 26.0. The lowest BCUT2D eigenvalue weighted by Crippen LogP contribution is -2.46. The molecule has 2 rings (SSSR count). The summed E-state index contributed by atoms with van der Waals surface area (Å²) in [4.78, 5) is 12.4. The molecule has 21 heavy (non-hydrogen) atoms. The van der Waals surface area contributed by atoms with Crippen LogP contribution in [0.1, 0.15) is 51.0 Å². The minimum atomic E-state index is -0.562. The molecule has 0 saturated heterocycles. The van der Waals surface area contributed by atoms with Crippen molar-refractivity contribution >= 4 is 11.7 Å². The zero-order valence-corrected chi connectivity index (χ0v) is 13.4. The Labute approximate surface area is 128 Å². The highest BCUT2D eigenvalue weighted by molar-refractivity contribution is 5.84. The number of benzene rings is 1. The average molecular weight is 289 g/mol. The summed E-state index contributed by atoms with van der Waals surface area (Å²) in [5, 5.41) is 3.48. The molecule has 1 fully saturated rings. The largest absolute Gasteiger partial charge is 0.467 e. The molecule has 2 atom stereocenters. The van der Waals surface area contributed by atoms with Crippen molar-refractivity contribution in [1.82, 2.24) is 0 Å². The van der Waals surface area contributed by atoms with Gasteiger partial charge in [-0.05, 0) is 44.2 Å². The molecule has 0 amide bonds. The average Bonchev–Trinajstić information content (AvgIpc) is 2.72. The molecular weight excluding hydrogens is 262 g/mol. The van der Waals surface area contributed by atoms with Gasteiger partial charge in [0.15, 0.2) is 0 Å². The van der Waals surface area contributed by atoms with Gasteiger partial charge in [0.25, 0.3) is 0 Å². The first-order valence-corrected chi connectivity index (χ1v) is 8.03. The van der Waals surface area contributed by atoms with Crippen LogP contribution in [0.5, 0.6) is 0 Å². The second-order valence-corrected chi connectivity index (χ2v) is 6.27. The molecule has 0 aromatic heterocycles. The second kappa shape index (κ2) is 6.97. The van der Waals surface area contributed by atoms with E-state index in [2.05, 4.69) is 31.3 Å². The number of nitrogens with one attached hydrogen (secondary N) is 1. The maximum absolute atomic E-state index is 12.4. The molecule has 1 aliphatic rings. The summed E-state index contributed by atoms with van der Waals surface area (Å²) < 4.78 is 5.11. The van der Waals surface area contributed by atoms with E-state index in [1.807, 2.05) is 12.1 Å². The minimum absolute atomic E-state index is 0.125. The van der Waals surface area contributed by atoms with Crippen molar-refractivity contribution in [2.75, 3.05) is 12.4 Å². The van der Waals surface area contributed by atoms with Gasteiger partial charge in [-0.25, -0.2) is 4.79 Å². The summed E-state index contributed by atoms with van der Waals surface area (Å²) in [5.41, 5.74) is 1.66. The Morgan fingerprint density at radius 1 is 1.29 bits per heavy atom. The van der Waals surface area contributed by atoms with E-state index in [0.717, 1.165) is 37.3 Å². The van der Waals surface area contributed by atoms with Crippen molar-refractivity contribution in [2.45, 2.75) is 57.9 Å².